The molecule has 20 heavy (non-hydrogen) atoms. The van der Waals surface area contributed by atoms with Crippen LogP contribution in [0.1, 0.15) is 23.9 Å². The van der Waals surface area contributed by atoms with Crippen LogP contribution in [-0.4, -0.2) is 18.3 Å². The summed E-state index contributed by atoms with van der Waals surface area (Å²) in [7, 11) is 0. The van der Waals surface area contributed by atoms with Crippen LogP contribution in [0.4, 0.5) is 0 Å². The van der Waals surface area contributed by atoms with Gasteiger partial charge in [0.05, 0.1) is 12.3 Å². The molecule has 0 bridgehead atoms. The van der Waals surface area contributed by atoms with Crippen LogP contribution in [0.2, 0.25) is 0 Å². The smallest absolute Gasteiger partial charge is 0.174 e. The molecule has 2 N–H and O–H groups in total. The second kappa shape index (κ2) is 6.96. The molecule has 2 rings (SSSR count). The van der Waals surface area contributed by atoms with Gasteiger partial charge in [-0.1, -0.05) is 17.3 Å². The van der Waals surface area contributed by atoms with Crippen molar-refractivity contribution < 1.29 is 14.0 Å². The maximum atomic E-state index is 5.86. The van der Waals surface area contributed by atoms with Crippen molar-refractivity contribution >= 4 is 0 Å². The summed E-state index contributed by atoms with van der Waals surface area (Å²) < 4.78 is 16.6. The molecule has 0 atom stereocenters. The molecule has 0 aliphatic rings. The highest BCUT2D eigenvalue weighted by atomic mass is 16.5. The molecule has 1 heterocycles. The highest BCUT2D eigenvalue weighted by molar-refractivity contribution is 5.46. The van der Waals surface area contributed by atoms with E-state index in [1.165, 1.54) is 0 Å². The third-order valence-electron chi connectivity index (χ3n) is 2.81. The fraction of sp³-hybridized carbons (Fsp3) is 0.400. The van der Waals surface area contributed by atoms with Gasteiger partial charge in [0, 0.05) is 6.07 Å². The molecule has 0 amide bonds. The molecule has 0 aliphatic carbocycles. The quantitative estimate of drug-likeness (QED) is 0.841. The number of nitrogens with two attached hydrogens (primary N) is 1. The Morgan fingerprint density at radius 3 is 2.80 bits per heavy atom. The Morgan fingerprint density at radius 1 is 1.30 bits per heavy atom. The summed E-state index contributed by atoms with van der Waals surface area (Å²) in [6.45, 7) is 5.29. The van der Waals surface area contributed by atoms with Crippen LogP contribution in [0.15, 0.2) is 28.8 Å². The monoisotopic (exact) mass is 276 g/mol. The lowest BCUT2D eigenvalue weighted by Crippen LogP contribution is -2.07. The number of rotatable bonds is 7. The number of aromatic nitrogens is 1. The van der Waals surface area contributed by atoms with E-state index in [4.69, 9.17) is 19.7 Å². The number of para-hydroxylation sites is 1. The Bertz CT molecular complexity index is 528. The summed E-state index contributed by atoms with van der Waals surface area (Å²) in [5.41, 5.74) is 7.51. The Balaban J connectivity index is 2.18. The standard InChI is InChI=1S/C15H20N2O3/c1-3-18-14-6-4-5-12(7-8-16)15(14)19-10-13-9-11(2)17-20-13/h4-6,9H,3,7-8,10,16H2,1-2H3. The Kier molecular flexibility index (Phi) is 5.01. The molecular formula is C15H20N2O3. The van der Waals surface area contributed by atoms with Gasteiger partial charge in [0.25, 0.3) is 0 Å². The maximum absolute atomic E-state index is 5.86. The average Bonchev–Trinajstić information content (AvgIpc) is 2.84. The van der Waals surface area contributed by atoms with Crippen LogP contribution >= 0.6 is 0 Å². The van der Waals surface area contributed by atoms with E-state index in [1.54, 1.807) is 0 Å². The van der Waals surface area contributed by atoms with Gasteiger partial charge in [-0.2, -0.15) is 0 Å². The molecule has 0 aliphatic heterocycles. The van der Waals surface area contributed by atoms with E-state index in [0.29, 0.717) is 25.5 Å². The number of hydrogen-bond donors (Lipinski definition) is 1. The molecule has 1 aromatic heterocycles. The van der Waals surface area contributed by atoms with Crippen LogP contribution in [0.5, 0.6) is 11.5 Å². The van der Waals surface area contributed by atoms with Crippen LogP contribution in [0.3, 0.4) is 0 Å². The molecule has 108 valence electrons. The van der Waals surface area contributed by atoms with Crippen LogP contribution in [0, 0.1) is 6.92 Å². The second-order valence-electron chi connectivity index (χ2n) is 4.44. The number of hydrogen-bond acceptors (Lipinski definition) is 5. The molecule has 0 unspecified atom stereocenters. The Morgan fingerprint density at radius 2 is 2.15 bits per heavy atom. The second-order valence-corrected chi connectivity index (χ2v) is 4.44. The summed E-state index contributed by atoms with van der Waals surface area (Å²) in [5, 5.41) is 3.84. The van der Waals surface area contributed by atoms with Crippen molar-refractivity contribution in [2.75, 3.05) is 13.2 Å². The fourth-order valence-corrected chi connectivity index (χ4v) is 1.97. The number of benzene rings is 1. The van der Waals surface area contributed by atoms with Crippen LogP contribution in [-0.2, 0) is 13.0 Å². The van der Waals surface area contributed by atoms with Crippen molar-refractivity contribution in [1.82, 2.24) is 5.16 Å². The molecule has 0 saturated heterocycles. The van der Waals surface area contributed by atoms with E-state index >= 15 is 0 Å². The Hall–Kier alpha value is -2.01. The fourth-order valence-electron chi connectivity index (χ4n) is 1.97. The van der Waals surface area contributed by atoms with Crippen molar-refractivity contribution in [3.8, 4) is 11.5 Å². The first-order chi connectivity index (χ1) is 9.74. The first-order valence-corrected chi connectivity index (χ1v) is 6.74. The first-order valence-electron chi connectivity index (χ1n) is 6.74. The highest BCUT2D eigenvalue weighted by Crippen LogP contribution is 2.32. The summed E-state index contributed by atoms with van der Waals surface area (Å²) in [4.78, 5) is 0. The van der Waals surface area contributed by atoms with E-state index in [2.05, 4.69) is 5.16 Å². The molecule has 5 nitrogen and oxygen atoms in total. The lowest BCUT2D eigenvalue weighted by Gasteiger charge is -2.14. The Labute approximate surface area is 118 Å². The van der Waals surface area contributed by atoms with E-state index in [0.717, 1.165) is 29.2 Å². The van der Waals surface area contributed by atoms with Gasteiger partial charge >= 0.3 is 0 Å². The van der Waals surface area contributed by atoms with Gasteiger partial charge in [-0.15, -0.1) is 0 Å². The lowest BCUT2D eigenvalue weighted by molar-refractivity contribution is 0.231. The normalized spacial score (nSPS) is 10.6. The molecular weight excluding hydrogens is 256 g/mol. The zero-order valence-electron chi connectivity index (χ0n) is 11.9. The minimum atomic E-state index is 0.322. The lowest BCUT2D eigenvalue weighted by atomic mass is 10.1. The third-order valence-corrected chi connectivity index (χ3v) is 2.81. The maximum Gasteiger partial charge on any atom is 0.174 e. The zero-order chi connectivity index (χ0) is 14.4. The van der Waals surface area contributed by atoms with E-state index in [9.17, 15) is 0 Å². The van der Waals surface area contributed by atoms with Gasteiger partial charge in [0.1, 0.15) is 6.61 Å². The molecule has 0 spiro atoms. The number of aryl methyl sites for hydroxylation is 1. The molecule has 0 radical (unpaired) electrons. The topological polar surface area (TPSA) is 70.5 Å². The summed E-state index contributed by atoms with van der Waals surface area (Å²) in [5.74, 6) is 2.15. The van der Waals surface area contributed by atoms with Gasteiger partial charge in [-0.3, -0.25) is 0 Å². The molecule has 0 fully saturated rings. The highest BCUT2D eigenvalue weighted by Gasteiger charge is 2.12. The van der Waals surface area contributed by atoms with E-state index in [-0.39, 0.29) is 0 Å². The largest absolute Gasteiger partial charge is 0.490 e. The van der Waals surface area contributed by atoms with Crippen molar-refractivity contribution in [1.29, 1.82) is 0 Å². The van der Waals surface area contributed by atoms with Crippen LogP contribution in [0.25, 0.3) is 0 Å². The van der Waals surface area contributed by atoms with Crippen molar-refractivity contribution in [2.45, 2.75) is 26.9 Å². The SMILES string of the molecule is CCOc1cccc(CCN)c1OCc1cc(C)no1. The van der Waals surface area contributed by atoms with Gasteiger partial charge in [0.15, 0.2) is 17.3 Å². The van der Waals surface area contributed by atoms with Crippen molar-refractivity contribution in [3.05, 3.63) is 41.3 Å². The van der Waals surface area contributed by atoms with Gasteiger partial charge in [0.2, 0.25) is 0 Å². The van der Waals surface area contributed by atoms with Gasteiger partial charge in [-0.05, 0) is 38.4 Å². The molecule has 2 aromatic rings. The zero-order valence-corrected chi connectivity index (χ0v) is 11.9. The third kappa shape index (κ3) is 3.51. The number of ether oxygens (including phenoxy) is 2. The minimum absolute atomic E-state index is 0.322. The summed E-state index contributed by atoms with van der Waals surface area (Å²) in [6.07, 6.45) is 0.742. The predicted molar refractivity (Wildman–Crippen MR) is 75.9 cm³/mol. The van der Waals surface area contributed by atoms with Crippen LogP contribution < -0.4 is 15.2 Å². The average molecular weight is 276 g/mol. The first kappa shape index (κ1) is 14.4. The molecule has 1 aromatic carbocycles. The summed E-state index contributed by atoms with van der Waals surface area (Å²) in [6, 6.07) is 7.69. The van der Waals surface area contributed by atoms with E-state index < -0.39 is 0 Å². The molecule has 5 heteroatoms. The molecule has 0 saturated carbocycles. The minimum Gasteiger partial charge on any atom is -0.490 e. The van der Waals surface area contributed by atoms with Gasteiger partial charge in [-0.25, -0.2) is 0 Å². The van der Waals surface area contributed by atoms with Gasteiger partial charge < -0.3 is 19.7 Å². The number of nitrogens with zero attached hydrogens (tertiary/aromatic N) is 1. The van der Waals surface area contributed by atoms with Crippen molar-refractivity contribution in [3.63, 3.8) is 0 Å². The van der Waals surface area contributed by atoms with E-state index in [1.807, 2.05) is 38.1 Å². The summed E-state index contributed by atoms with van der Waals surface area (Å²) >= 11 is 0. The predicted octanol–water partition coefficient (Wildman–Crippen LogP) is 2.46. The van der Waals surface area contributed by atoms with Crippen molar-refractivity contribution in [2.24, 2.45) is 5.73 Å².